The Morgan fingerprint density at radius 2 is 1.97 bits per heavy atom. The van der Waals surface area contributed by atoms with Gasteiger partial charge in [0.25, 0.3) is 5.91 Å². The first-order chi connectivity index (χ1) is 15.7. The molecule has 34 heavy (non-hydrogen) atoms. The number of halogens is 2. The number of ether oxygens (including phenoxy) is 1. The van der Waals surface area contributed by atoms with Gasteiger partial charge in [-0.25, -0.2) is 4.98 Å². The maximum Gasteiger partial charge on any atom is 0.251 e. The van der Waals surface area contributed by atoms with Crippen LogP contribution < -0.4 is 20.7 Å². The summed E-state index contributed by atoms with van der Waals surface area (Å²) in [6.07, 6.45) is 4.31. The maximum absolute atomic E-state index is 12.6. The molecule has 0 bridgehead atoms. The number of nitrogens with one attached hydrogen (secondary N) is 4. The summed E-state index contributed by atoms with van der Waals surface area (Å²) in [4.78, 5) is 25.0. The van der Waals surface area contributed by atoms with Crippen molar-refractivity contribution in [2.24, 2.45) is 0 Å². The lowest BCUT2D eigenvalue weighted by Crippen LogP contribution is -2.36. The fourth-order valence-corrected chi connectivity index (χ4v) is 3.89. The Morgan fingerprint density at radius 1 is 1.12 bits per heavy atom. The molecule has 0 radical (unpaired) electrons. The molecule has 4 aromatic rings. The first-order valence-electron chi connectivity index (χ1n) is 10.6. The molecule has 1 atom stereocenters. The van der Waals surface area contributed by atoms with Gasteiger partial charge in [0.05, 0.1) is 30.9 Å². The van der Waals surface area contributed by atoms with Gasteiger partial charge in [0.2, 0.25) is 0 Å². The minimum Gasteiger partial charge on any atom is -0.495 e. The van der Waals surface area contributed by atoms with Crippen LogP contribution in [0.2, 0.25) is 0 Å². The van der Waals surface area contributed by atoms with Gasteiger partial charge in [-0.3, -0.25) is 9.78 Å². The predicted molar refractivity (Wildman–Crippen MR) is 139 cm³/mol. The zero-order chi connectivity index (χ0) is 21.9. The highest BCUT2D eigenvalue weighted by molar-refractivity contribution is 5.95. The topological polar surface area (TPSA) is 104 Å². The second kappa shape index (κ2) is 11.2. The zero-order valence-electron chi connectivity index (χ0n) is 18.5. The Labute approximate surface area is 209 Å². The summed E-state index contributed by atoms with van der Waals surface area (Å²) in [6, 6.07) is 15.6. The molecule has 0 aliphatic carbocycles. The number of rotatable bonds is 6. The number of fused-ring (bicyclic) bond motifs is 1. The number of carbonyl (C=O) groups is 1. The Kier molecular flexibility index (Phi) is 8.33. The smallest absolute Gasteiger partial charge is 0.251 e. The number of anilines is 2. The van der Waals surface area contributed by atoms with E-state index in [0.29, 0.717) is 22.8 Å². The number of para-hydroxylation sites is 1. The number of nitrogens with zero attached hydrogens (tertiary/aromatic N) is 2. The monoisotopic (exact) mass is 500 g/mol. The largest absolute Gasteiger partial charge is 0.495 e. The van der Waals surface area contributed by atoms with E-state index in [4.69, 9.17) is 4.74 Å². The molecular weight excluding hydrogens is 475 g/mol. The van der Waals surface area contributed by atoms with Crippen molar-refractivity contribution >= 4 is 53.1 Å². The van der Waals surface area contributed by atoms with Gasteiger partial charge in [-0.15, -0.1) is 24.8 Å². The number of hydrogen-bond acceptors (Lipinski definition) is 6. The van der Waals surface area contributed by atoms with Crippen LogP contribution in [0.3, 0.4) is 0 Å². The van der Waals surface area contributed by atoms with Gasteiger partial charge >= 0.3 is 0 Å². The first kappa shape index (κ1) is 25.3. The van der Waals surface area contributed by atoms with Gasteiger partial charge in [0.1, 0.15) is 17.3 Å². The standard InChI is InChI=1S/C24H24N6O2.2ClH/c1-32-22-11-16(24(31)27-17-8-9-25-12-17)6-7-19(22)29-23-14-26-13-21(30-23)20-10-15-4-2-3-5-18(15)28-20;;/h2-7,10-11,13-14,17,25,28H,8-9,12H2,1H3,(H,27,31)(H,29,30);2*1H/t17-;;/m0../s1. The van der Waals surface area contributed by atoms with Crippen LogP contribution in [0.5, 0.6) is 5.75 Å². The van der Waals surface area contributed by atoms with Crippen molar-refractivity contribution in [1.82, 2.24) is 25.6 Å². The van der Waals surface area contributed by atoms with Crippen molar-refractivity contribution in [1.29, 1.82) is 0 Å². The second-order valence-corrected chi connectivity index (χ2v) is 7.76. The van der Waals surface area contributed by atoms with Crippen LogP contribution in [0.25, 0.3) is 22.3 Å². The molecular formula is C24H26Cl2N6O2. The van der Waals surface area contributed by atoms with E-state index in [2.05, 4.69) is 43.0 Å². The number of amides is 1. The van der Waals surface area contributed by atoms with Crippen LogP contribution in [-0.2, 0) is 0 Å². The molecule has 4 N–H and O–H groups in total. The fourth-order valence-electron chi connectivity index (χ4n) is 3.89. The van der Waals surface area contributed by atoms with Gasteiger partial charge in [-0.2, -0.15) is 0 Å². The van der Waals surface area contributed by atoms with E-state index in [9.17, 15) is 4.79 Å². The summed E-state index contributed by atoms with van der Waals surface area (Å²) in [5.41, 5.74) is 3.92. The van der Waals surface area contributed by atoms with Crippen molar-refractivity contribution in [3.63, 3.8) is 0 Å². The molecule has 3 heterocycles. The Morgan fingerprint density at radius 3 is 2.74 bits per heavy atom. The number of carbonyl (C=O) groups excluding carboxylic acids is 1. The van der Waals surface area contributed by atoms with Crippen molar-refractivity contribution in [2.45, 2.75) is 12.5 Å². The average molecular weight is 501 g/mol. The molecule has 1 amide bonds. The molecule has 1 fully saturated rings. The van der Waals surface area contributed by atoms with Crippen LogP contribution in [0.4, 0.5) is 11.5 Å². The van der Waals surface area contributed by atoms with E-state index >= 15 is 0 Å². The summed E-state index contributed by atoms with van der Waals surface area (Å²) in [7, 11) is 1.58. The van der Waals surface area contributed by atoms with E-state index in [-0.39, 0.29) is 36.8 Å². The molecule has 8 nitrogen and oxygen atoms in total. The molecule has 1 aliphatic rings. The average Bonchev–Trinajstić information content (AvgIpc) is 3.49. The lowest BCUT2D eigenvalue weighted by molar-refractivity contribution is 0.0939. The third-order valence-electron chi connectivity index (χ3n) is 5.56. The summed E-state index contributed by atoms with van der Waals surface area (Å²) in [6.45, 7) is 1.73. The highest BCUT2D eigenvalue weighted by Gasteiger charge is 2.18. The molecule has 0 spiro atoms. The molecule has 0 saturated carbocycles. The molecule has 5 rings (SSSR count). The van der Waals surface area contributed by atoms with Gasteiger partial charge in [-0.05, 0) is 43.3 Å². The third kappa shape index (κ3) is 5.41. The van der Waals surface area contributed by atoms with Gasteiger partial charge < -0.3 is 25.7 Å². The van der Waals surface area contributed by atoms with Crippen LogP contribution >= 0.6 is 24.8 Å². The fraction of sp³-hybridized carbons (Fsp3) is 0.208. The summed E-state index contributed by atoms with van der Waals surface area (Å²) < 4.78 is 5.52. The van der Waals surface area contributed by atoms with Crippen LogP contribution in [0, 0.1) is 0 Å². The summed E-state index contributed by atoms with van der Waals surface area (Å²) in [5.74, 6) is 1.03. The highest BCUT2D eigenvalue weighted by atomic mass is 35.5. The van der Waals surface area contributed by atoms with Gasteiger partial charge in [-0.1, -0.05) is 18.2 Å². The molecule has 1 saturated heterocycles. The lowest BCUT2D eigenvalue weighted by atomic mass is 10.1. The number of aromatic nitrogens is 3. The molecule has 2 aromatic carbocycles. The minimum atomic E-state index is -0.107. The number of methoxy groups -OCH3 is 1. The molecule has 10 heteroatoms. The van der Waals surface area contributed by atoms with Crippen molar-refractivity contribution in [3.05, 3.63) is 66.5 Å². The Hall–Kier alpha value is -3.33. The zero-order valence-corrected chi connectivity index (χ0v) is 20.1. The normalized spacial score (nSPS) is 14.7. The quantitative estimate of drug-likeness (QED) is 0.314. The molecule has 0 unspecified atom stereocenters. The molecule has 178 valence electrons. The number of H-pyrrole nitrogens is 1. The Balaban J connectivity index is 0.00000162. The lowest BCUT2D eigenvalue weighted by Gasteiger charge is -2.14. The van der Waals surface area contributed by atoms with E-state index in [1.807, 2.05) is 24.3 Å². The number of aromatic amines is 1. The Bertz CT molecular complexity index is 1240. The van der Waals surface area contributed by atoms with Crippen molar-refractivity contribution in [2.75, 3.05) is 25.5 Å². The molecule has 2 aromatic heterocycles. The number of benzene rings is 2. The highest BCUT2D eigenvalue weighted by Crippen LogP contribution is 2.29. The minimum absolute atomic E-state index is 0. The van der Waals surface area contributed by atoms with Crippen LogP contribution in [-0.4, -0.2) is 47.1 Å². The van der Waals surface area contributed by atoms with Crippen molar-refractivity contribution < 1.29 is 9.53 Å². The maximum atomic E-state index is 12.6. The summed E-state index contributed by atoms with van der Waals surface area (Å²) in [5, 5.41) is 10.7. The SMILES string of the molecule is COc1cc(C(=O)N[C@H]2CCNC2)ccc1Nc1cncc(-c2cc3ccccc3[nH]2)n1.Cl.Cl. The first-order valence-corrected chi connectivity index (χ1v) is 10.6. The third-order valence-corrected chi connectivity index (χ3v) is 5.56. The molecule has 1 aliphatic heterocycles. The number of hydrogen-bond donors (Lipinski definition) is 4. The van der Waals surface area contributed by atoms with Gasteiger partial charge in [0.15, 0.2) is 0 Å². The van der Waals surface area contributed by atoms with E-state index in [0.717, 1.165) is 41.8 Å². The van der Waals surface area contributed by atoms with Crippen molar-refractivity contribution in [3.8, 4) is 17.1 Å². The van der Waals surface area contributed by atoms with E-state index in [1.165, 1.54) is 0 Å². The summed E-state index contributed by atoms with van der Waals surface area (Å²) >= 11 is 0. The van der Waals surface area contributed by atoms with E-state index < -0.39 is 0 Å². The van der Waals surface area contributed by atoms with E-state index in [1.54, 1.807) is 31.6 Å². The van der Waals surface area contributed by atoms with Gasteiger partial charge in [0, 0.05) is 29.1 Å². The van der Waals surface area contributed by atoms with Crippen LogP contribution in [0.15, 0.2) is 60.9 Å². The second-order valence-electron chi connectivity index (χ2n) is 7.76. The van der Waals surface area contributed by atoms with Crippen LogP contribution in [0.1, 0.15) is 16.8 Å². The predicted octanol–water partition coefficient (Wildman–Crippen LogP) is 4.31.